The highest BCUT2D eigenvalue weighted by Gasteiger charge is 2.19. The van der Waals surface area contributed by atoms with Crippen LogP contribution in [-0.4, -0.2) is 26.7 Å². The van der Waals surface area contributed by atoms with E-state index in [1.165, 1.54) is 11.8 Å². The summed E-state index contributed by atoms with van der Waals surface area (Å²) in [5.41, 5.74) is 6.55. The van der Waals surface area contributed by atoms with E-state index in [1.807, 2.05) is 31.5 Å². The smallest absolute Gasteiger partial charge is 0.241 e. The molecule has 0 fully saturated rings. The Morgan fingerprint density at radius 2 is 2.21 bits per heavy atom. The third-order valence-corrected chi connectivity index (χ3v) is 5.18. The van der Waals surface area contributed by atoms with E-state index in [2.05, 4.69) is 15.5 Å². The maximum Gasteiger partial charge on any atom is 0.241 e. The van der Waals surface area contributed by atoms with Crippen molar-refractivity contribution in [3.8, 4) is 0 Å². The molecule has 0 spiro atoms. The van der Waals surface area contributed by atoms with Gasteiger partial charge in [-0.05, 0) is 35.9 Å². The minimum absolute atomic E-state index is 0. The number of anilines is 1. The van der Waals surface area contributed by atoms with Crippen LogP contribution in [0.5, 0.6) is 0 Å². The minimum atomic E-state index is -0.536. The van der Waals surface area contributed by atoms with Crippen molar-refractivity contribution in [2.45, 2.75) is 36.4 Å². The molecule has 2 aromatic rings. The van der Waals surface area contributed by atoms with Crippen molar-refractivity contribution in [2.24, 2.45) is 18.7 Å². The Kier molecular flexibility index (Phi) is 8.02. The molecule has 24 heavy (non-hydrogen) atoms. The molecule has 2 atom stereocenters. The Labute approximate surface area is 157 Å². The van der Waals surface area contributed by atoms with Gasteiger partial charge in [0.15, 0.2) is 5.16 Å². The van der Waals surface area contributed by atoms with Crippen LogP contribution in [0.2, 0.25) is 5.02 Å². The number of carbonyl (C=O) groups excluding carboxylic acids is 1. The van der Waals surface area contributed by atoms with Gasteiger partial charge in [0.1, 0.15) is 6.33 Å². The summed E-state index contributed by atoms with van der Waals surface area (Å²) in [6, 6.07) is 4.81. The molecule has 6 nitrogen and oxygen atoms in total. The molecule has 2 unspecified atom stereocenters. The summed E-state index contributed by atoms with van der Waals surface area (Å²) in [6.07, 6.45) is 2.48. The lowest BCUT2D eigenvalue weighted by atomic mass is 9.99. The first-order chi connectivity index (χ1) is 10.9. The van der Waals surface area contributed by atoms with Crippen LogP contribution in [0.4, 0.5) is 5.69 Å². The number of aromatic nitrogens is 3. The van der Waals surface area contributed by atoms with Gasteiger partial charge < -0.3 is 15.6 Å². The van der Waals surface area contributed by atoms with Crippen molar-refractivity contribution in [3.63, 3.8) is 0 Å². The predicted molar refractivity (Wildman–Crippen MR) is 99.9 cm³/mol. The molecule has 0 radical (unpaired) electrons. The molecular weight excluding hydrogens is 369 g/mol. The highest BCUT2D eigenvalue weighted by Crippen LogP contribution is 2.33. The summed E-state index contributed by atoms with van der Waals surface area (Å²) in [5, 5.41) is 11.9. The molecular formula is C15H21Cl2N5OS. The molecule has 0 saturated heterocycles. The van der Waals surface area contributed by atoms with Crippen LogP contribution >= 0.6 is 35.8 Å². The van der Waals surface area contributed by atoms with E-state index < -0.39 is 6.04 Å². The third-order valence-electron chi connectivity index (χ3n) is 3.63. The summed E-state index contributed by atoms with van der Waals surface area (Å²) in [7, 11) is 1.86. The largest absolute Gasteiger partial charge is 0.325 e. The van der Waals surface area contributed by atoms with E-state index in [0.29, 0.717) is 10.7 Å². The van der Waals surface area contributed by atoms with Gasteiger partial charge in [0.25, 0.3) is 0 Å². The van der Waals surface area contributed by atoms with Gasteiger partial charge in [0.05, 0.1) is 11.1 Å². The molecule has 0 aliphatic heterocycles. The van der Waals surface area contributed by atoms with Crippen LogP contribution in [-0.2, 0) is 11.8 Å². The quantitative estimate of drug-likeness (QED) is 0.790. The van der Waals surface area contributed by atoms with E-state index >= 15 is 0 Å². The maximum atomic E-state index is 12.1. The first-order valence-corrected chi connectivity index (χ1v) is 8.49. The number of nitrogens with zero attached hydrogens (tertiary/aromatic N) is 3. The Bertz CT molecular complexity index is 694. The molecule has 1 heterocycles. The monoisotopic (exact) mass is 389 g/mol. The van der Waals surface area contributed by atoms with Gasteiger partial charge in [-0.3, -0.25) is 4.79 Å². The zero-order valence-electron chi connectivity index (χ0n) is 13.7. The zero-order valence-corrected chi connectivity index (χ0v) is 16.1. The van der Waals surface area contributed by atoms with Crippen LogP contribution in [0.25, 0.3) is 0 Å². The van der Waals surface area contributed by atoms with Gasteiger partial charge in [-0.15, -0.1) is 22.6 Å². The van der Waals surface area contributed by atoms with E-state index in [4.69, 9.17) is 17.3 Å². The van der Waals surface area contributed by atoms with Gasteiger partial charge in [-0.2, -0.15) is 0 Å². The number of amides is 1. The molecule has 9 heteroatoms. The van der Waals surface area contributed by atoms with Crippen molar-refractivity contribution in [1.82, 2.24) is 14.8 Å². The summed E-state index contributed by atoms with van der Waals surface area (Å²) < 4.78 is 1.81. The summed E-state index contributed by atoms with van der Waals surface area (Å²) in [5.74, 6) is -0.0830. The number of carbonyl (C=O) groups is 1. The minimum Gasteiger partial charge on any atom is -0.325 e. The summed E-state index contributed by atoms with van der Waals surface area (Å²) in [6.45, 7) is 3.96. The van der Waals surface area contributed by atoms with Gasteiger partial charge >= 0.3 is 0 Å². The van der Waals surface area contributed by atoms with Crippen molar-refractivity contribution in [3.05, 3.63) is 29.5 Å². The van der Waals surface area contributed by atoms with Crippen LogP contribution in [0, 0.1) is 5.92 Å². The highest BCUT2D eigenvalue weighted by atomic mass is 35.5. The van der Waals surface area contributed by atoms with Crippen molar-refractivity contribution in [2.75, 3.05) is 5.32 Å². The Morgan fingerprint density at radius 3 is 2.75 bits per heavy atom. The number of hydrogen-bond donors (Lipinski definition) is 2. The predicted octanol–water partition coefficient (Wildman–Crippen LogP) is 3.35. The SMILES string of the molecule is CCC(C)C(N)C(=O)Nc1ccc(Sc2nncn2C)c(Cl)c1.Cl. The third kappa shape index (κ3) is 5.11. The number of nitrogens with two attached hydrogens (primary N) is 1. The lowest BCUT2D eigenvalue weighted by Gasteiger charge is -2.18. The lowest BCUT2D eigenvalue weighted by Crippen LogP contribution is -2.40. The van der Waals surface area contributed by atoms with Gasteiger partial charge in [0, 0.05) is 17.6 Å². The fourth-order valence-corrected chi connectivity index (χ4v) is 2.93. The summed E-state index contributed by atoms with van der Waals surface area (Å²) in [4.78, 5) is 12.9. The standard InChI is InChI=1S/C15H20ClN5OS.ClH/c1-4-9(2)13(17)14(22)19-10-5-6-12(11(16)7-10)23-15-20-18-8-21(15)3;/h5-9,13H,4,17H2,1-3H3,(H,19,22);1H. The molecule has 132 valence electrons. The number of rotatable bonds is 6. The molecule has 2 rings (SSSR count). The van der Waals surface area contributed by atoms with Gasteiger partial charge in [-0.1, -0.05) is 31.9 Å². The number of hydrogen-bond acceptors (Lipinski definition) is 5. The first-order valence-electron chi connectivity index (χ1n) is 7.30. The number of aryl methyl sites for hydroxylation is 1. The van der Waals surface area contributed by atoms with Gasteiger partial charge in [0.2, 0.25) is 5.91 Å². The number of halogens is 2. The van der Waals surface area contributed by atoms with E-state index in [0.717, 1.165) is 16.5 Å². The Morgan fingerprint density at radius 1 is 1.50 bits per heavy atom. The first kappa shape index (κ1) is 20.8. The molecule has 0 bridgehead atoms. The van der Waals surface area contributed by atoms with Crippen LogP contribution in [0.15, 0.2) is 34.6 Å². The molecule has 0 aliphatic carbocycles. The highest BCUT2D eigenvalue weighted by molar-refractivity contribution is 7.99. The van der Waals surface area contributed by atoms with Crippen molar-refractivity contribution < 1.29 is 4.79 Å². The fraction of sp³-hybridized carbons (Fsp3) is 0.400. The second-order valence-corrected chi connectivity index (χ2v) is 6.79. The molecule has 0 aliphatic rings. The topological polar surface area (TPSA) is 85.8 Å². The lowest BCUT2D eigenvalue weighted by molar-refractivity contribution is -0.118. The second kappa shape index (κ2) is 9.27. The average molecular weight is 390 g/mol. The van der Waals surface area contributed by atoms with Gasteiger partial charge in [-0.25, -0.2) is 0 Å². The Hall–Kier alpha value is -1.28. The fourth-order valence-electron chi connectivity index (χ4n) is 1.86. The molecule has 1 aromatic heterocycles. The molecule has 1 aromatic carbocycles. The number of nitrogens with one attached hydrogen (secondary N) is 1. The van der Waals surface area contributed by atoms with E-state index in [-0.39, 0.29) is 24.2 Å². The van der Waals surface area contributed by atoms with Crippen LogP contribution < -0.4 is 11.1 Å². The maximum absolute atomic E-state index is 12.1. The number of benzene rings is 1. The van der Waals surface area contributed by atoms with Crippen LogP contribution in [0.3, 0.4) is 0 Å². The van der Waals surface area contributed by atoms with E-state index in [1.54, 1.807) is 18.5 Å². The van der Waals surface area contributed by atoms with Crippen LogP contribution in [0.1, 0.15) is 20.3 Å². The second-order valence-electron chi connectivity index (χ2n) is 5.37. The summed E-state index contributed by atoms with van der Waals surface area (Å²) >= 11 is 7.70. The van der Waals surface area contributed by atoms with Crippen molar-refractivity contribution >= 4 is 47.4 Å². The zero-order chi connectivity index (χ0) is 17.0. The molecule has 3 N–H and O–H groups in total. The molecule has 0 saturated carbocycles. The Balaban J connectivity index is 0.00000288. The van der Waals surface area contributed by atoms with Crippen molar-refractivity contribution in [1.29, 1.82) is 0 Å². The normalized spacial score (nSPS) is 13.0. The van der Waals surface area contributed by atoms with E-state index in [9.17, 15) is 4.79 Å². The molecule has 1 amide bonds. The average Bonchev–Trinajstić information content (AvgIpc) is 2.93.